The number of aryl methyl sites for hydroxylation is 1. The van der Waals surface area contributed by atoms with E-state index in [0.29, 0.717) is 23.1 Å². The van der Waals surface area contributed by atoms with Crippen LogP contribution in [0.15, 0.2) is 36.4 Å². The average Bonchev–Trinajstić information content (AvgIpc) is 2.77. The highest BCUT2D eigenvalue weighted by molar-refractivity contribution is 6.42. The Balaban J connectivity index is 1.57. The number of alkyl carbamates (subject to hydrolysis) is 1. The molecule has 3 aromatic rings. The van der Waals surface area contributed by atoms with Crippen LogP contribution >= 0.6 is 23.2 Å². The van der Waals surface area contributed by atoms with Gasteiger partial charge in [-0.1, -0.05) is 23.2 Å². The third kappa shape index (κ3) is 6.05. The van der Waals surface area contributed by atoms with Gasteiger partial charge in [0.15, 0.2) is 0 Å². The topological polar surface area (TPSA) is 75.3 Å². The second kappa shape index (κ2) is 10.3. The van der Waals surface area contributed by atoms with Crippen molar-refractivity contribution in [3.05, 3.63) is 57.7 Å². The minimum Gasteiger partial charge on any atom is -0.444 e. The number of ether oxygens (including phenoxy) is 1. The van der Waals surface area contributed by atoms with E-state index in [1.54, 1.807) is 12.1 Å². The third-order valence-electron chi connectivity index (χ3n) is 5.57. The van der Waals surface area contributed by atoms with Crippen molar-refractivity contribution in [2.75, 3.05) is 23.7 Å². The highest BCUT2D eigenvalue weighted by atomic mass is 35.5. The molecule has 180 valence electrons. The summed E-state index contributed by atoms with van der Waals surface area (Å²) in [7, 11) is 0. The number of nitrogens with zero attached hydrogens (tertiary/aromatic N) is 1. The Bertz CT molecular complexity index is 1210. The number of rotatable bonds is 6. The second-order valence-electron chi connectivity index (χ2n) is 9.46. The van der Waals surface area contributed by atoms with Crippen LogP contribution < -0.4 is 16.0 Å². The van der Waals surface area contributed by atoms with Crippen LogP contribution in [0.3, 0.4) is 0 Å². The first-order valence-electron chi connectivity index (χ1n) is 11.6. The minimum atomic E-state index is -0.518. The van der Waals surface area contributed by atoms with Gasteiger partial charge in [-0.15, -0.1) is 0 Å². The molecule has 1 aliphatic rings. The zero-order chi connectivity index (χ0) is 24.3. The van der Waals surface area contributed by atoms with Crippen LogP contribution in [0.1, 0.15) is 44.9 Å². The molecule has 0 saturated carbocycles. The Morgan fingerprint density at radius 1 is 1.00 bits per heavy atom. The molecule has 1 aliphatic carbocycles. The number of hydrogen-bond acceptors (Lipinski definition) is 5. The first kappa shape index (κ1) is 24.4. The minimum absolute atomic E-state index is 0.413. The van der Waals surface area contributed by atoms with Crippen LogP contribution in [0.2, 0.25) is 10.0 Å². The molecule has 0 bridgehead atoms. The van der Waals surface area contributed by atoms with Crippen LogP contribution in [0, 0.1) is 0 Å². The zero-order valence-electron chi connectivity index (χ0n) is 19.7. The second-order valence-corrected chi connectivity index (χ2v) is 10.3. The molecule has 34 heavy (non-hydrogen) atoms. The van der Waals surface area contributed by atoms with Crippen LogP contribution in [0.5, 0.6) is 0 Å². The number of benzene rings is 2. The molecule has 6 nitrogen and oxygen atoms in total. The van der Waals surface area contributed by atoms with Crippen LogP contribution in [-0.4, -0.2) is 29.8 Å². The largest absolute Gasteiger partial charge is 0.444 e. The molecule has 4 rings (SSSR count). The van der Waals surface area contributed by atoms with Gasteiger partial charge in [0, 0.05) is 41.2 Å². The lowest BCUT2D eigenvalue weighted by Crippen LogP contribution is -2.35. The fourth-order valence-electron chi connectivity index (χ4n) is 4.11. The summed E-state index contributed by atoms with van der Waals surface area (Å²) in [4.78, 5) is 16.9. The summed E-state index contributed by atoms with van der Waals surface area (Å²) in [5, 5.41) is 11.9. The summed E-state index contributed by atoms with van der Waals surface area (Å²) in [6.07, 6.45) is 3.86. The molecule has 0 unspecified atom stereocenters. The lowest BCUT2D eigenvalue weighted by Gasteiger charge is -2.23. The standard InChI is InChI=1S/C26H30Cl2N4O2/c1-26(2,3)34-25(33)30-13-12-29-24-18-6-4-5-7-22(18)32-23-11-9-16(14-19(23)24)31-17-8-10-20(27)21(28)15-17/h8-11,14-15,31H,4-7,12-13H2,1-3H3,(H,29,32)(H,30,33). The number of pyridine rings is 1. The van der Waals surface area contributed by atoms with E-state index >= 15 is 0 Å². The lowest BCUT2D eigenvalue weighted by atomic mass is 9.92. The van der Waals surface area contributed by atoms with E-state index in [1.807, 2.05) is 39.0 Å². The van der Waals surface area contributed by atoms with Crippen molar-refractivity contribution in [2.24, 2.45) is 0 Å². The lowest BCUT2D eigenvalue weighted by molar-refractivity contribution is 0.0530. The molecule has 1 amide bonds. The zero-order valence-corrected chi connectivity index (χ0v) is 21.2. The number of amides is 1. The SMILES string of the molecule is CC(C)(C)OC(=O)NCCNc1c2c(nc3ccc(Nc4ccc(Cl)c(Cl)c4)cc13)CCCC2. The number of fused-ring (bicyclic) bond motifs is 2. The number of nitrogens with one attached hydrogen (secondary N) is 3. The Hall–Kier alpha value is -2.70. The maximum Gasteiger partial charge on any atom is 0.407 e. The van der Waals surface area contributed by atoms with E-state index < -0.39 is 11.7 Å². The Morgan fingerprint density at radius 3 is 2.50 bits per heavy atom. The van der Waals surface area contributed by atoms with Crippen molar-refractivity contribution in [1.29, 1.82) is 0 Å². The Kier molecular flexibility index (Phi) is 7.39. The van der Waals surface area contributed by atoms with Gasteiger partial charge in [0.05, 0.1) is 15.6 Å². The van der Waals surface area contributed by atoms with Crippen molar-refractivity contribution >= 4 is 57.3 Å². The fourth-order valence-corrected chi connectivity index (χ4v) is 4.41. The average molecular weight is 501 g/mol. The number of carbonyl (C=O) groups is 1. The number of carbonyl (C=O) groups excluding carboxylic acids is 1. The summed E-state index contributed by atoms with van der Waals surface area (Å²) >= 11 is 12.2. The molecule has 0 atom stereocenters. The molecular formula is C26H30Cl2N4O2. The van der Waals surface area contributed by atoms with E-state index in [2.05, 4.69) is 22.0 Å². The Morgan fingerprint density at radius 2 is 1.74 bits per heavy atom. The molecule has 0 fully saturated rings. The molecule has 0 aliphatic heterocycles. The molecule has 2 aromatic carbocycles. The van der Waals surface area contributed by atoms with Gasteiger partial charge in [-0.3, -0.25) is 4.98 Å². The quantitative estimate of drug-likeness (QED) is 0.314. The number of hydrogen-bond donors (Lipinski definition) is 3. The van der Waals surface area contributed by atoms with Gasteiger partial charge < -0.3 is 20.7 Å². The first-order chi connectivity index (χ1) is 16.2. The molecule has 0 saturated heterocycles. The van der Waals surface area contributed by atoms with E-state index in [4.69, 9.17) is 32.9 Å². The summed E-state index contributed by atoms with van der Waals surface area (Å²) < 4.78 is 5.33. The van der Waals surface area contributed by atoms with E-state index in [1.165, 1.54) is 5.56 Å². The molecule has 0 spiro atoms. The van der Waals surface area contributed by atoms with E-state index in [0.717, 1.165) is 59.3 Å². The summed E-state index contributed by atoms with van der Waals surface area (Å²) in [6.45, 7) is 6.58. The third-order valence-corrected chi connectivity index (χ3v) is 6.30. The number of aromatic nitrogens is 1. The van der Waals surface area contributed by atoms with Gasteiger partial charge in [-0.2, -0.15) is 0 Å². The Labute approximate surface area is 210 Å². The highest BCUT2D eigenvalue weighted by Gasteiger charge is 2.19. The van der Waals surface area contributed by atoms with Gasteiger partial charge >= 0.3 is 6.09 Å². The molecule has 1 heterocycles. The van der Waals surface area contributed by atoms with E-state index in [-0.39, 0.29) is 0 Å². The summed E-state index contributed by atoms with van der Waals surface area (Å²) in [5.74, 6) is 0. The molecule has 0 radical (unpaired) electrons. The normalized spacial score (nSPS) is 13.3. The number of anilines is 3. The number of halogens is 2. The van der Waals surface area contributed by atoms with Gasteiger partial charge in [-0.25, -0.2) is 4.79 Å². The monoisotopic (exact) mass is 500 g/mol. The van der Waals surface area contributed by atoms with Gasteiger partial charge in [0.2, 0.25) is 0 Å². The summed E-state index contributed by atoms with van der Waals surface area (Å²) in [5.41, 5.74) is 5.73. The smallest absolute Gasteiger partial charge is 0.407 e. The highest BCUT2D eigenvalue weighted by Crippen LogP contribution is 2.35. The maximum absolute atomic E-state index is 12.0. The predicted molar refractivity (Wildman–Crippen MR) is 141 cm³/mol. The molecule has 1 aromatic heterocycles. The van der Waals surface area contributed by atoms with Gasteiger partial charge in [0.25, 0.3) is 0 Å². The van der Waals surface area contributed by atoms with Crippen LogP contribution in [0.4, 0.5) is 21.9 Å². The van der Waals surface area contributed by atoms with E-state index in [9.17, 15) is 4.79 Å². The van der Waals surface area contributed by atoms with Crippen molar-refractivity contribution in [2.45, 2.75) is 52.1 Å². The molecular weight excluding hydrogens is 471 g/mol. The predicted octanol–water partition coefficient (Wildman–Crippen LogP) is 7.10. The van der Waals surface area contributed by atoms with Crippen molar-refractivity contribution in [3.8, 4) is 0 Å². The molecule has 8 heteroatoms. The van der Waals surface area contributed by atoms with Gasteiger partial charge in [-0.05, 0) is 88.4 Å². The first-order valence-corrected chi connectivity index (χ1v) is 12.3. The fraction of sp³-hybridized carbons (Fsp3) is 0.385. The van der Waals surface area contributed by atoms with Crippen molar-refractivity contribution in [1.82, 2.24) is 10.3 Å². The van der Waals surface area contributed by atoms with Crippen molar-refractivity contribution in [3.63, 3.8) is 0 Å². The van der Waals surface area contributed by atoms with Crippen LogP contribution in [0.25, 0.3) is 10.9 Å². The van der Waals surface area contributed by atoms with Gasteiger partial charge in [0.1, 0.15) is 5.60 Å². The maximum atomic E-state index is 12.0. The summed E-state index contributed by atoms with van der Waals surface area (Å²) in [6, 6.07) is 11.6. The van der Waals surface area contributed by atoms with Crippen molar-refractivity contribution < 1.29 is 9.53 Å². The van der Waals surface area contributed by atoms with Crippen LogP contribution in [-0.2, 0) is 17.6 Å². The molecule has 3 N–H and O–H groups in total.